The van der Waals surface area contributed by atoms with Crippen LogP contribution in [0, 0.1) is 0 Å². The Labute approximate surface area is 68.0 Å². The summed E-state index contributed by atoms with van der Waals surface area (Å²) in [6.07, 6.45) is 0. The van der Waals surface area contributed by atoms with Crippen molar-refractivity contribution >= 4 is 27.8 Å². The molecule has 0 atom stereocenters. The van der Waals surface area contributed by atoms with Crippen LogP contribution in [0.5, 0.6) is 0 Å². The van der Waals surface area contributed by atoms with E-state index in [1.54, 1.807) is 0 Å². The summed E-state index contributed by atoms with van der Waals surface area (Å²) < 4.78 is 34.1. The molecule has 0 rings (SSSR count). The van der Waals surface area contributed by atoms with Gasteiger partial charge in [-0.3, -0.25) is 8.42 Å². The van der Waals surface area contributed by atoms with Crippen molar-refractivity contribution in [2.24, 2.45) is 0 Å². The molecule has 0 bridgehead atoms. The molecule has 0 aliphatic carbocycles. The SMILES string of the molecule is O=S(=O)([O-])[O-].[Al+3].[Fe+2].[OH-]. The molecule has 0 aromatic heterocycles. The molecule has 0 radical (unpaired) electrons. The molecule has 0 saturated heterocycles. The largest absolute Gasteiger partial charge is 3.00 e. The van der Waals surface area contributed by atoms with E-state index in [0.29, 0.717) is 0 Å². The summed E-state index contributed by atoms with van der Waals surface area (Å²) >= 11 is 0. The van der Waals surface area contributed by atoms with E-state index in [1.165, 1.54) is 0 Å². The van der Waals surface area contributed by atoms with Crippen molar-refractivity contribution in [2.75, 3.05) is 0 Å². The van der Waals surface area contributed by atoms with Crippen LogP contribution in [0.25, 0.3) is 0 Å². The number of rotatable bonds is 0. The average molecular weight is 196 g/mol. The van der Waals surface area contributed by atoms with Crippen LogP contribution in [0.15, 0.2) is 0 Å². The standard InChI is InChI=1S/Al.Fe.H2O4S.H2O/c;;1-5(2,3)4;/h;;(H2,1,2,3,4);1H2/q+3;+2;;/p-3. The Balaban J connectivity index is -0.0000000267. The van der Waals surface area contributed by atoms with Crippen molar-refractivity contribution in [3.63, 3.8) is 0 Å². The van der Waals surface area contributed by atoms with Gasteiger partial charge in [0.2, 0.25) is 0 Å². The maximum atomic E-state index is 8.52. The predicted octanol–water partition coefficient (Wildman–Crippen LogP) is -1.90. The smallest absolute Gasteiger partial charge is 0.870 e. The van der Waals surface area contributed by atoms with E-state index in [1.807, 2.05) is 0 Å². The fourth-order valence-electron chi connectivity index (χ4n) is 0. The first kappa shape index (κ1) is 23.2. The van der Waals surface area contributed by atoms with E-state index in [0.717, 1.165) is 0 Å². The first-order chi connectivity index (χ1) is 2.00. The van der Waals surface area contributed by atoms with Gasteiger partial charge in [0.1, 0.15) is 0 Å². The molecule has 0 saturated carbocycles. The zero-order chi connectivity index (χ0) is 4.50. The third-order valence-electron chi connectivity index (χ3n) is 0. The van der Waals surface area contributed by atoms with Gasteiger partial charge in [0.15, 0.2) is 0 Å². The summed E-state index contributed by atoms with van der Waals surface area (Å²) in [5.41, 5.74) is 0. The van der Waals surface area contributed by atoms with Gasteiger partial charge in [-0.15, -0.1) is 0 Å². The van der Waals surface area contributed by atoms with E-state index < -0.39 is 10.4 Å². The molecule has 0 aliphatic heterocycles. The molecule has 1 N–H and O–H groups in total. The van der Waals surface area contributed by atoms with E-state index in [-0.39, 0.29) is 39.9 Å². The minimum absolute atomic E-state index is 0. The maximum Gasteiger partial charge on any atom is 3.00 e. The molecule has 8 heteroatoms. The number of hydrogen-bond acceptors (Lipinski definition) is 5. The van der Waals surface area contributed by atoms with Crippen LogP contribution in [0.4, 0.5) is 0 Å². The molecular formula is HAlFeO5S+2. The summed E-state index contributed by atoms with van der Waals surface area (Å²) in [7, 11) is -5.17. The van der Waals surface area contributed by atoms with Gasteiger partial charge < -0.3 is 14.6 Å². The Morgan fingerprint density at radius 2 is 1.12 bits per heavy atom. The van der Waals surface area contributed by atoms with E-state index in [4.69, 9.17) is 17.5 Å². The molecule has 0 fully saturated rings. The summed E-state index contributed by atoms with van der Waals surface area (Å²) in [4.78, 5) is 0. The van der Waals surface area contributed by atoms with Crippen LogP contribution < -0.4 is 0 Å². The predicted molar refractivity (Wildman–Crippen MR) is 18.2 cm³/mol. The third kappa shape index (κ3) is 306. The van der Waals surface area contributed by atoms with Crippen molar-refractivity contribution in [2.45, 2.75) is 0 Å². The van der Waals surface area contributed by atoms with Gasteiger partial charge in [-0.1, -0.05) is 0 Å². The minimum Gasteiger partial charge on any atom is -0.870 e. The molecule has 8 heavy (non-hydrogen) atoms. The second-order valence-corrected chi connectivity index (χ2v) is 1.22. The van der Waals surface area contributed by atoms with Gasteiger partial charge in [0, 0.05) is 10.4 Å². The molecule has 0 unspecified atom stereocenters. The summed E-state index contributed by atoms with van der Waals surface area (Å²) in [6, 6.07) is 0. The van der Waals surface area contributed by atoms with Crippen molar-refractivity contribution in [3.05, 3.63) is 0 Å². The van der Waals surface area contributed by atoms with Crippen molar-refractivity contribution in [1.29, 1.82) is 0 Å². The Hall–Kier alpha value is 0.882. The van der Waals surface area contributed by atoms with Crippen LogP contribution >= 0.6 is 0 Å². The van der Waals surface area contributed by atoms with Crippen molar-refractivity contribution < 1.29 is 40.1 Å². The van der Waals surface area contributed by atoms with E-state index in [2.05, 4.69) is 0 Å². The van der Waals surface area contributed by atoms with Gasteiger partial charge in [-0.2, -0.15) is 0 Å². The van der Waals surface area contributed by atoms with E-state index >= 15 is 0 Å². The Morgan fingerprint density at radius 1 is 1.12 bits per heavy atom. The van der Waals surface area contributed by atoms with Crippen LogP contribution in [0.3, 0.4) is 0 Å². The average Bonchev–Trinajstić information content (AvgIpc) is 0.722. The minimum atomic E-state index is -5.17. The first-order valence-electron chi connectivity index (χ1n) is 0.667. The summed E-state index contributed by atoms with van der Waals surface area (Å²) in [6.45, 7) is 0. The van der Waals surface area contributed by atoms with Crippen LogP contribution in [-0.4, -0.2) is 40.4 Å². The van der Waals surface area contributed by atoms with Crippen molar-refractivity contribution in [3.8, 4) is 0 Å². The number of hydrogen-bond donors (Lipinski definition) is 0. The fraction of sp³-hybridized carbons (Fsp3) is 0. The molecule has 0 amide bonds. The van der Waals surface area contributed by atoms with Crippen LogP contribution in [0.1, 0.15) is 0 Å². The quantitative estimate of drug-likeness (QED) is 0.255. The van der Waals surface area contributed by atoms with Gasteiger partial charge in [-0.25, -0.2) is 0 Å². The maximum absolute atomic E-state index is 8.52. The van der Waals surface area contributed by atoms with Gasteiger partial charge in [0.05, 0.1) is 0 Å². The third-order valence-corrected chi connectivity index (χ3v) is 0. The second kappa shape index (κ2) is 7.88. The van der Waals surface area contributed by atoms with Crippen molar-refractivity contribution in [1.82, 2.24) is 0 Å². The molecule has 0 heterocycles. The Bertz CT molecular complexity index is 95.6. The topological polar surface area (TPSA) is 110 Å². The molecule has 46 valence electrons. The zero-order valence-corrected chi connectivity index (χ0v) is 6.49. The van der Waals surface area contributed by atoms with Crippen LogP contribution in [0.2, 0.25) is 0 Å². The Kier molecular flexibility index (Phi) is 22.8. The summed E-state index contributed by atoms with van der Waals surface area (Å²) in [5.74, 6) is 0. The summed E-state index contributed by atoms with van der Waals surface area (Å²) in [5, 5.41) is 0. The molecule has 0 aromatic carbocycles. The zero-order valence-electron chi connectivity index (χ0n) is 3.42. The molecular weight excluding hydrogens is 195 g/mol. The van der Waals surface area contributed by atoms with E-state index in [9.17, 15) is 0 Å². The fourth-order valence-corrected chi connectivity index (χ4v) is 0. The Morgan fingerprint density at radius 3 is 1.12 bits per heavy atom. The molecule has 5 nitrogen and oxygen atoms in total. The molecule has 0 spiro atoms. The van der Waals surface area contributed by atoms with Gasteiger partial charge in [-0.05, 0) is 0 Å². The van der Waals surface area contributed by atoms with Gasteiger partial charge in [0.25, 0.3) is 0 Å². The normalized spacial score (nSPS) is 7.25. The first-order valence-corrected chi connectivity index (χ1v) is 2.00. The van der Waals surface area contributed by atoms with Gasteiger partial charge >= 0.3 is 34.4 Å². The molecule has 0 aromatic rings. The molecule has 0 aliphatic rings. The monoisotopic (exact) mass is 196 g/mol. The second-order valence-electron chi connectivity index (χ2n) is 0.408. The van der Waals surface area contributed by atoms with Crippen LogP contribution in [-0.2, 0) is 27.5 Å².